The van der Waals surface area contributed by atoms with Crippen molar-refractivity contribution in [2.24, 2.45) is 58.2 Å². The molecule has 26 nitrogen and oxygen atoms in total. The smallest absolute Gasteiger partial charge is 0.307 e. The number of carbonyl (C=O) groups is 8. The number of benzene rings is 2. The Morgan fingerprint density at radius 1 is 0.553 bits per heavy atom. The van der Waals surface area contributed by atoms with Crippen LogP contribution >= 0.6 is 0 Å². The first-order chi connectivity index (χ1) is 54.3. The molecule has 30 heteroatoms. The number of esters is 2. The number of sulfonamides is 2. The minimum atomic E-state index is -4.34. The van der Waals surface area contributed by atoms with Gasteiger partial charge in [0.05, 0.1) is 114 Å². The molecular weight excluding hydrogens is 1520 g/mol. The van der Waals surface area contributed by atoms with E-state index in [2.05, 4.69) is 33.3 Å². The van der Waals surface area contributed by atoms with Crippen molar-refractivity contribution >= 4 is 88.7 Å². The van der Waals surface area contributed by atoms with Gasteiger partial charge in [-0.25, -0.2) is 35.6 Å². The van der Waals surface area contributed by atoms with Crippen LogP contribution in [0.25, 0.3) is 21.5 Å². The maximum Gasteiger partial charge on any atom is 0.307 e. The number of pyridine rings is 2. The summed E-state index contributed by atoms with van der Waals surface area (Å²) in [4.78, 5) is 126. The molecule has 6 aliphatic heterocycles. The lowest BCUT2D eigenvalue weighted by Gasteiger charge is -2.33. The summed E-state index contributed by atoms with van der Waals surface area (Å²) >= 11 is 0. The number of fused-ring (bicyclic) bond motifs is 6. The second-order valence-electron chi connectivity index (χ2n) is 34.8. The average molecular weight is 1620 g/mol. The minimum Gasteiger partial charge on any atom is -0.494 e. The van der Waals surface area contributed by atoms with Crippen molar-refractivity contribution in [1.29, 1.82) is 0 Å². The number of ketones is 2. The summed E-state index contributed by atoms with van der Waals surface area (Å²) in [5, 5.41) is 2.89. The summed E-state index contributed by atoms with van der Waals surface area (Å²) < 4.78 is 129. The van der Waals surface area contributed by atoms with Gasteiger partial charge in [-0.05, 0) is 139 Å². The van der Waals surface area contributed by atoms with E-state index in [4.69, 9.17) is 37.9 Å². The fourth-order valence-electron chi connectivity index (χ4n) is 18.0. The van der Waals surface area contributed by atoms with Gasteiger partial charge in [-0.1, -0.05) is 88.4 Å². The number of nitrogens with one attached hydrogen (secondary N) is 2. The van der Waals surface area contributed by atoms with Crippen LogP contribution in [-0.2, 0) is 77.4 Å². The maximum absolute atomic E-state index is 15.0. The first-order valence-electron chi connectivity index (χ1n) is 40.3. The van der Waals surface area contributed by atoms with E-state index in [-0.39, 0.29) is 127 Å². The van der Waals surface area contributed by atoms with Crippen LogP contribution in [0.5, 0.6) is 23.3 Å². The molecule has 0 spiro atoms. The highest BCUT2D eigenvalue weighted by molar-refractivity contribution is 7.92. The van der Waals surface area contributed by atoms with E-state index in [0.717, 1.165) is 23.6 Å². The molecule has 2 aromatic heterocycles. The Balaban J connectivity index is 0.000000199. The number of halogens is 2. The van der Waals surface area contributed by atoms with Crippen molar-refractivity contribution in [3.8, 4) is 23.3 Å². The number of Topliss-reactive ketones (excluding diaryl/α,β-unsaturated/α-hetero) is 2. The predicted octanol–water partition coefficient (Wildman–Crippen LogP) is 10.5. The van der Waals surface area contributed by atoms with E-state index in [1.165, 1.54) is 9.80 Å². The summed E-state index contributed by atoms with van der Waals surface area (Å²) in [6.07, 6.45) is 14.6. The molecule has 8 fully saturated rings. The fourth-order valence-corrected chi connectivity index (χ4v) is 20.9. The Morgan fingerprint density at radius 2 is 0.930 bits per heavy atom. The Morgan fingerprint density at radius 3 is 1.27 bits per heavy atom. The van der Waals surface area contributed by atoms with Crippen LogP contribution in [0.15, 0.2) is 85.2 Å². The standard InChI is InChI=1S/2C42H54FN3O10S/c2*1-26-9-5-6-10-28-20-42(28,39(50)45-57(51,52)41(24-43)13-14-41)21-34(47)33-18-29(55-37-31-12-8-7-11-30(31)35(53-4)22-44-37)23-46(33)38(49)32(27(2)17-26)19-36(48)56-40(3)15-16-54-25-40/h2*6-8,10-12,22,26-29,32-33H,5,9,13-21,23-25H2,1-4H3,(H,45,50)/b2*10-6-/t26-,27+,28+,29+,32-,33-,40?,42+;26-,27-,28-,29-,32+,33+,40?,42-/m01/s1. The van der Waals surface area contributed by atoms with Crippen LogP contribution in [-0.4, -0.2) is 196 Å². The number of allylic oxidation sites excluding steroid dienone is 4. The normalized spacial score (nSPS) is 33.3. The number of amides is 4. The first kappa shape index (κ1) is 83.7. The predicted molar refractivity (Wildman–Crippen MR) is 415 cm³/mol. The van der Waals surface area contributed by atoms with Crippen molar-refractivity contribution in [3.05, 3.63) is 85.2 Å². The Bertz CT molecular complexity index is 4350. The van der Waals surface area contributed by atoms with Crippen molar-refractivity contribution in [1.82, 2.24) is 29.2 Å². The third-order valence-electron chi connectivity index (χ3n) is 25.9. The zero-order valence-electron chi connectivity index (χ0n) is 66.3. The number of nitrogens with zero attached hydrogens (tertiary/aromatic N) is 4. The number of alkyl halides is 2. The van der Waals surface area contributed by atoms with Gasteiger partial charge in [-0.15, -0.1) is 0 Å². The molecule has 4 amide bonds. The van der Waals surface area contributed by atoms with E-state index in [0.29, 0.717) is 85.8 Å². The SMILES string of the molecule is COc1cnc(O[C@@H]2C[C@H]3C(=O)C[C@]4(C(=O)NS(=O)(=O)C5(CF)CC5)C[C@H]4/C=C\CC[C@@H](C)C[C@@H](C)[C@H](CC(=O)OC4(C)CCOC4)C(=O)N3C2)c2ccccc12.COc1cnc(O[C@@H]2C[C@H]3C(=O)C[C@]4(C(=O)NS(=O)(=O)C5(CF)CC5)C[C@H]4/C=C\CC[C@H](C)C[C@@H](C)[C@H](CC(=O)OC4(C)CCOC4)C(=O)N3C2)c2ccccc12. The third kappa shape index (κ3) is 17.6. The number of methoxy groups -OCH3 is 2. The number of rotatable bonds is 20. The van der Waals surface area contributed by atoms with Crippen LogP contribution in [0.3, 0.4) is 0 Å². The van der Waals surface area contributed by atoms with Crippen LogP contribution < -0.4 is 28.4 Å². The lowest BCUT2D eigenvalue weighted by molar-refractivity contribution is -0.163. The Hall–Kier alpha value is -8.22. The zero-order chi connectivity index (χ0) is 81.5. The van der Waals surface area contributed by atoms with Gasteiger partial charge in [0.15, 0.2) is 11.6 Å². The number of hydrogen-bond donors (Lipinski definition) is 2. The highest BCUT2D eigenvalue weighted by Gasteiger charge is 2.66. The van der Waals surface area contributed by atoms with E-state index in [1.54, 1.807) is 26.6 Å². The Labute approximate surface area is 665 Å². The first-order valence-corrected chi connectivity index (χ1v) is 43.2. The quantitative estimate of drug-likeness (QED) is 0.0613. The van der Waals surface area contributed by atoms with E-state index >= 15 is 0 Å². The van der Waals surface area contributed by atoms with Crippen LogP contribution in [0.4, 0.5) is 8.78 Å². The van der Waals surface area contributed by atoms with Gasteiger partial charge in [0.2, 0.25) is 55.4 Å². The molecule has 114 heavy (non-hydrogen) atoms. The second-order valence-corrected chi connectivity index (χ2v) is 38.9. The second kappa shape index (κ2) is 33.4. The van der Waals surface area contributed by atoms with Gasteiger partial charge in [0, 0.05) is 60.1 Å². The number of ether oxygens (including phenoxy) is 8. The fraction of sp³-hybridized carbons (Fsp3) is 0.643. The monoisotopic (exact) mass is 1620 g/mol. The van der Waals surface area contributed by atoms with Crippen molar-refractivity contribution in [3.63, 3.8) is 0 Å². The average Bonchev–Trinajstić information content (AvgIpc) is 1.56. The zero-order valence-corrected chi connectivity index (χ0v) is 68.0. The van der Waals surface area contributed by atoms with Crippen LogP contribution in [0, 0.1) is 58.2 Å². The van der Waals surface area contributed by atoms with Gasteiger partial charge in [0.1, 0.15) is 57.8 Å². The van der Waals surface area contributed by atoms with Gasteiger partial charge < -0.3 is 47.7 Å². The van der Waals surface area contributed by atoms with Crippen molar-refractivity contribution in [2.75, 3.05) is 67.1 Å². The molecule has 4 saturated heterocycles. The third-order valence-corrected chi connectivity index (χ3v) is 30.2. The summed E-state index contributed by atoms with van der Waals surface area (Å²) in [5.74, 6) is -5.35. The molecule has 2 unspecified atom stereocenters. The van der Waals surface area contributed by atoms with Crippen molar-refractivity contribution < 1.29 is 102 Å². The van der Waals surface area contributed by atoms with Crippen LogP contribution in [0.1, 0.15) is 170 Å². The highest BCUT2D eigenvalue weighted by Crippen LogP contribution is 2.60. The van der Waals surface area contributed by atoms with Gasteiger partial charge in [-0.3, -0.25) is 47.8 Å². The molecule has 620 valence electrons. The molecule has 14 rings (SSSR count). The molecule has 10 aliphatic rings. The largest absolute Gasteiger partial charge is 0.494 e. The van der Waals surface area contributed by atoms with Gasteiger partial charge in [-0.2, -0.15) is 0 Å². The van der Waals surface area contributed by atoms with Crippen LogP contribution in [0.2, 0.25) is 0 Å². The van der Waals surface area contributed by atoms with Gasteiger partial charge >= 0.3 is 11.9 Å². The van der Waals surface area contributed by atoms with Gasteiger partial charge in [0.25, 0.3) is 0 Å². The number of hydrogen-bond acceptors (Lipinski definition) is 22. The number of aromatic nitrogens is 2. The molecule has 4 saturated carbocycles. The molecule has 4 aromatic rings. The summed E-state index contributed by atoms with van der Waals surface area (Å²) in [6.45, 7) is 11.0. The Kier molecular flexibility index (Phi) is 24.5. The highest BCUT2D eigenvalue weighted by atomic mass is 32.2. The number of carbonyl (C=O) groups excluding carboxylic acids is 8. The summed E-state index contributed by atoms with van der Waals surface area (Å²) in [5.41, 5.74) is -4.38. The molecular formula is C84H108F2N6O20S2. The molecule has 0 radical (unpaired) electrons. The summed E-state index contributed by atoms with van der Waals surface area (Å²) in [7, 11) is -5.59. The minimum absolute atomic E-state index is 0.00653. The maximum atomic E-state index is 15.0. The lowest BCUT2D eigenvalue weighted by Crippen LogP contribution is -2.48. The van der Waals surface area contributed by atoms with E-state index in [1.807, 2.05) is 101 Å². The molecule has 2 N–H and O–H groups in total. The molecule has 16 atom stereocenters. The molecule has 8 heterocycles. The topological polar surface area (TPSA) is 335 Å². The summed E-state index contributed by atoms with van der Waals surface area (Å²) in [6, 6.07) is 12.8. The molecule has 0 bridgehead atoms. The van der Waals surface area contributed by atoms with E-state index in [9.17, 15) is 64.0 Å². The lowest BCUT2D eigenvalue weighted by atomic mass is 9.82. The molecule has 4 aliphatic carbocycles. The van der Waals surface area contributed by atoms with E-state index < -0.39 is 160 Å². The van der Waals surface area contributed by atoms with Crippen molar-refractivity contribution in [2.45, 2.75) is 215 Å². The molecule has 2 aromatic carbocycles.